The van der Waals surface area contributed by atoms with Crippen molar-refractivity contribution in [3.63, 3.8) is 0 Å². The number of ether oxygens (including phenoxy) is 1. The summed E-state index contributed by atoms with van der Waals surface area (Å²) >= 11 is 0. The van der Waals surface area contributed by atoms with Crippen LogP contribution in [0.15, 0.2) is 18.7 Å². The second kappa shape index (κ2) is 8.82. The Hall–Kier alpha value is -1.36. The summed E-state index contributed by atoms with van der Waals surface area (Å²) in [5.74, 6) is 0.317. The molecule has 1 amide bonds. The number of aromatic nitrogens is 2. The van der Waals surface area contributed by atoms with Crippen molar-refractivity contribution in [1.82, 2.24) is 14.5 Å². The Kier molecular flexibility index (Phi) is 6.73. The average Bonchev–Trinajstić information content (AvgIpc) is 3.01. The Morgan fingerprint density at radius 3 is 3.05 bits per heavy atom. The minimum Gasteiger partial charge on any atom is -0.385 e. The Balaban J connectivity index is 1.74. The van der Waals surface area contributed by atoms with Gasteiger partial charge in [-0.15, -0.1) is 0 Å². The second-order valence-electron chi connectivity index (χ2n) is 5.78. The molecule has 0 spiro atoms. The molecule has 0 bridgehead atoms. The standard InChI is InChI=1S/C16H27N3O2/c1-21-13-5-7-15-6-2-3-11-19(15)16(20)8-4-10-18-12-9-17-14-18/h9,12,14-15H,2-8,10-11,13H2,1H3/t15-/m0/s1. The summed E-state index contributed by atoms with van der Waals surface area (Å²) in [4.78, 5) is 18.6. The number of hydrogen-bond donors (Lipinski definition) is 0. The topological polar surface area (TPSA) is 47.4 Å². The molecular formula is C16H27N3O2. The van der Waals surface area contributed by atoms with Crippen molar-refractivity contribution >= 4 is 5.91 Å². The fourth-order valence-electron chi connectivity index (χ4n) is 3.07. The van der Waals surface area contributed by atoms with Crippen LogP contribution in [0.3, 0.4) is 0 Å². The number of carbonyl (C=O) groups excluding carboxylic acids is 1. The highest BCUT2D eigenvalue weighted by Crippen LogP contribution is 2.22. The molecule has 2 rings (SSSR count). The van der Waals surface area contributed by atoms with Gasteiger partial charge in [-0.25, -0.2) is 4.98 Å². The molecule has 0 aliphatic carbocycles. The van der Waals surface area contributed by atoms with Crippen LogP contribution < -0.4 is 0 Å². The van der Waals surface area contributed by atoms with E-state index in [-0.39, 0.29) is 0 Å². The van der Waals surface area contributed by atoms with Crippen LogP contribution in [0.2, 0.25) is 0 Å². The summed E-state index contributed by atoms with van der Waals surface area (Å²) in [7, 11) is 1.74. The van der Waals surface area contributed by atoms with Crippen molar-refractivity contribution in [2.24, 2.45) is 0 Å². The molecule has 5 heteroatoms. The van der Waals surface area contributed by atoms with Crippen LogP contribution in [0, 0.1) is 0 Å². The summed E-state index contributed by atoms with van der Waals surface area (Å²) in [6.45, 7) is 2.59. The zero-order valence-electron chi connectivity index (χ0n) is 13.0. The van der Waals surface area contributed by atoms with Gasteiger partial charge in [-0.05, 0) is 38.5 Å². The number of imidazole rings is 1. The molecule has 5 nitrogen and oxygen atoms in total. The van der Waals surface area contributed by atoms with Gasteiger partial charge in [0.25, 0.3) is 0 Å². The van der Waals surface area contributed by atoms with E-state index in [0.29, 0.717) is 18.4 Å². The van der Waals surface area contributed by atoms with Crippen molar-refractivity contribution in [1.29, 1.82) is 0 Å². The largest absolute Gasteiger partial charge is 0.385 e. The number of hydrogen-bond acceptors (Lipinski definition) is 3. The van der Waals surface area contributed by atoms with Crippen LogP contribution in [-0.2, 0) is 16.1 Å². The van der Waals surface area contributed by atoms with Crippen LogP contribution in [0.1, 0.15) is 44.9 Å². The van der Waals surface area contributed by atoms with E-state index in [1.807, 2.05) is 10.8 Å². The van der Waals surface area contributed by atoms with Crippen molar-refractivity contribution in [2.75, 3.05) is 20.3 Å². The number of likely N-dealkylation sites (tertiary alicyclic amines) is 1. The number of rotatable bonds is 8. The average molecular weight is 293 g/mol. The van der Waals surface area contributed by atoms with E-state index in [0.717, 1.165) is 51.8 Å². The first kappa shape index (κ1) is 16.0. The van der Waals surface area contributed by atoms with Crippen molar-refractivity contribution < 1.29 is 9.53 Å². The highest BCUT2D eigenvalue weighted by Gasteiger charge is 2.25. The number of carbonyl (C=O) groups is 1. The Bertz CT molecular complexity index is 406. The lowest BCUT2D eigenvalue weighted by atomic mass is 9.97. The number of nitrogens with zero attached hydrogens (tertiary/aromatic N) is 3. The Labute approximate surface area is 127 Å². The monoisotopic (exact) mass is 293 g/mol. The zero-order chi connectivity index (χ0) is 14.9. The normalized spacial score (nSPS) is 18.9. The van der Waals surface area contributed by atoms with E-state index in [9.17, 15) is 4.79 Å². The minimum atomic E-state index is 0.317. The molecule has 1 atom stereocenters. The molecule has 1 aliphatic rings. The summed E-state index contributed by atoms with van der Waals surface area (Å²) in [6, 6.07) is 0.426. The molecule has 1 aromatic heterocycles. The molecule has 1 aromatic rings. The smallest absolute Gasteiger partial charge is 0.222 e. The third-order valence-corrected chi connectivity index (χ3v) is 4.20. The van der Waals surface area contributed by atoms with Gasteiger partial charge in [-0.3, -0.25) is 4.79 Å². The van der Waals surface area contributed by atoms with Gasteiger partial charge in [0, 0.05) is 51.7 Å². The lowest BCUT2D eigenvalue weighted by molar-refractivity contribution is -0.135. The lowest BCUT2D eigenvalue weighted by Crippen LogP contribution is -2.43. The predicted molar refractivity (Wildman–Crippen MR) is 81.9 cm³/mol. The van der Waals surface area contributed by atoms with Gasteiger partial charge in [0.05, 0.1) is 6.33 Å². The number of piperidine rings is 1. The van der Waals surface area contributed by atoms with Gasteiger partial charge < -0.3 is 14.2 Å². The first-order valence-corrected chi connectivity index (χ1v) is 8.05. The third kappa shape index (κ3) is 5.16. The van der Waals surface area contributed by atoms with Crippen molar-refractivity contribution in [2.45, 2.75) is 57.5 Å². The summed E-state index contributed by atoms with van der Waals surface area (Å²) in [5, 5.41) is 0. The maximum Gasteiger partial charge on any atom is 0.222 e. The zero-order valence-corrected chi connectivity index (χ0v) is 13.0. The van der Waals surface area contributed by atoms with Crippen LogP contribution in [-0.4, -0.2) is 46.7 Å². The molecule has 0 radical (unpaired) electrons. The molecule has 21 heavy (non-hydrogen) atoms. The van der Waals surface area contributed by atoms with E-state index in [1.54, 1.807) is 19.6 Å². The molecular weight excluding hydrogens is 266 g/mol. The fraction of sp³-hybridized carbons (Fsp3) is 0.750. The summed E-state index contributed by atoms with van der Waals surface area (Å²) in [5.41, 5.74) is 0. The highest BCUT2D eigenvalue weighted by atomic mass is 16.5. The number of aryl methyl sites for hydroxylation is 1. The highest BCUT2D eigenvalue weighted by molar-refractivity contribution is 5.76. The number of methoxy groups -OCH3 is 1. The summed E-state index contributed by atoms with van der Waals surface area (Å²) in [6.07, 6.45) is 12.7. The molecule has 1 saturated heterocycles. The molecule has 1 fully saturated rings. The molecule has 0 aromatic carbocycles. The molecule has 0 N–H and O–H groups in total. The van der Waals surface area contributed by atoms with Crippen molar-refractivity contribution in [3.05, 3.63) is 18.7 Å². The van der Waals surface area contributed by atoms with Crippen LogP contribution in [0.25, 0.3) is 0 Å². The fourth-order valence-corrected chi connectivity index (χ4v) is 3.07. The lowest BCUT2D eigenvalue weighted by Gasteiger charge is -2.36. The van der Waals surface area contributed by atoms with E-state index < -0.39 is 0 Å². The Morgan fingerprint density at radius 1 is 1.38 bits per heavy atom. The van der Waals surface area contributed by atoms with Gasteiger partial charge in [0.1, 0.15) is 0 Å². The SMILES string of the molecule is COCCC[C@@H]1CCCCN1C(=O)CCCn1ccnc1. The molecule has 2 heterocycles. The van der Waals surface area contributed by atoms with Gasteiger partial charge in [-0.1, -0.05) is 0 Å². The maximum atomic E-state index is 12.4. The van der Waals surface area contributed by atoms with E-state index in [2.05, 4.69) is 9.88 Å². The van der Waals surface area contributed by atoms with Crippen molar-refractivity contribution in [3.8, 4) is 0 Å². The Morgan fingerprint density at radius 2 is 2.29 bits per heavy atom. The molecule has 1 aliphatic heterocycles. The first-order valence-electron chi connectivity index (χ1n) is 8.05. The van der Waals surface area contributed by atoms with Gasteiger partial charge in [-0.2, -0.15) is 0 Å². The number of amides is 1. The van der Waals surface area contributed by atoms with Gasteiger partial charge >= 0.3 is 0 Å². The second-order valence-corrected chi connectivity index (χ2v) is 5.78. The molecule has 0 unspecified atom stereocenters. The van der Waals surface area contributed by atoms with Crippen LogP contribution >= 0.6 is 0 Å². The third-order valence-electron chi connectivity index (χ3n) is 4.20. The molecule has 0 saturated carbocycles. The van der Waals surface area contributed by atoms with E-state index in [1.165, 1.54) is 6.42 Å². The minimum absolute atomic E-state index is 0.317. The summed E-state index contributed by atoms with van der Waals surface area (Å²) < 4.78 is 7.15. The molecule has 118 valence electrons. The van der Waals surface area contributed by atoms with Crippen LogP contribution in [0.4, 0.5) is 0 Å². The van der Waals surface area contributed by atoms with E-state index >= 15 is 0 Å². The van der Waals surface area contributed by atoms with Gasteiger partial charge in [0.15, 0.2) is 0 Å². The quantitative estimate of drug-likeness (QED) is 0.692. The van der Waals surface area contributed by atoms with E-state index in [4.69, 9.17) is 4.74 Å². The van der Waals surface area contributed by atoms with Gasteiger partial charge in [0.2, 0.25) is 5.91 Å². The maximum absolute atomic E-state index is 12.4. The predicted octanol–water partition coefficient (Wildman–Crippen LogP) is 2.47. The first-order chi connectivity index (χ1) is 10.3. The van der Waals surface area contributed by atoms with Crippen LogP contribution in [0.5, 0.6) is 0 Å².